The zero-order valence-electron chi connectivity index (χ0n) is 15.8. The van der Waals surface area contributed by atoms with Gasteiger partial charge in [0.05, 0.1) is 10.5 Å². The third-order valence-corrected chi connectivity index (χ3v) is 7.96. The van der Waals surface area contributed by atoms with Gasteiger partial charge in [-0.3, -0.25) is 4.79 Å². The summed E-state index contributed by atoms with van der Waals surface area (Å²) < 4.78 is 33.5. The fourth-order valence-corrected chi connectivity index (χ4v) is 5.65. The number of carbonyl (C=O) groups is 1. The molecule has 2 heterocycles. The highest BCUT2D eigenvalue weighted by Crippen LogP contribution is 2.40. The van der Waals surface area contributed by atoms with Crippen LogP contribution in [0.4, 0.5) is 0 Å². The number of piperidine rings is 1. The molecule has 1 N–H and O–H groups in total. The van der Waals surface area contributed by atoms with Gasteiger partial charge in [0.1, 0.15) is 6.10 Å². The summed E-state index contributed by atoms with van der Waals surface area (Å²) in [5, 5.41) is 3.00. The number of hydrogen-bond donors (Lipinski definition) is 1. The first-order valence-electron chi connectivity index (χ1n) is 9.90. The van der Waals surface area contributed by atoms with Gasteiger partial charge in [0.2, 0.25) is 15.9 Å². The highest BCUT2D eigenvalue weighted by Gasteiger charge is 2.46. The van der Waals surface area contributed by atoms with Crippen molar-refractivity contribution in [2.45, 2.75) is 62.0 Å². The first-order valence-corrected chi connectivity index (χ1v) is 11.3. The van der Waals surface area contributed by atoms with Crippen molar-refractivity contribution in [3.05, 3.63) is 29.8 Å². The van der Waals surface area contributed by atoms with Crippen LogP contribution in [-0.4, -0.2) is 50.0 Å². The maximum absolute atomic E-state index is 12.9. The molecule has 6 nitrogen and oxygen atoms in total. The van der Waals surface area contributed by atoms with Crippen LogP contribution < -0.4 is 5.32 Å². The molecule has 0 bridgehead atoms. The number of ether oxygens (including phenoxy) is 1. The number of rotatable bonds is 5. The van der Waals surface area contributed by atoms with Crippen LogP contribution in [0.25, 0.3) is 0 Å². The molecule has 1 aliphatic carbocycles. The Balaban J connectivity index is 1.35. The predicted molar refractivity (Wildman–Crippen MR) is 102 cm³/mol. The minimum absolute atomic E-state index is 0.00594. The van der Waals surface area contributed by atoms with E-state index in [-0.39, 0.29) is 17.6 Å². The molecule has 3 fully saturated rings. The molecule has 2 saturated heterocycles. The molecule has 3 aliphatic rings. The van der Waals surface area contributed by atoms with Gasteiger partial charge in [-0.2, -0.15) is 4.31 Å². The topological polar surface area (TPSA) is 75.7 Å². The lowest BCUT2D eigenvalue weighted by atomic mass is 9.89. The first-order chi connectivity index (χ1) is 12.9. The summed E-state index contributed by atoms with van der Waals surface area (Å²) in [6.45, 7) is 3.53. The zero-order valence-corrected chi connectivity index (χ0v) is 16.6. The molecule has 0 radical (unpaired) electrons. The lowest BCUT2D eigenvalue weighted by molar-refractivity contribution is -0.139. The Labute approximate surface area is 161 Å². The van der Waals surface area contributed by atoms with Crippen LogP contribution in [0.5, 0.6) is 0 Å². The summed E-state index contributed by atoms with van der Waals surface area (Å²) in [4.78, 5) is 12.7. The van der Waals surface area contributed by atoms with Crippen molar-refractivity contribution in [1.29, 1.82) is 0 Å². The van der Waals surface area contributed by atoms with E-state index in [0.717, 1.165) is 24.9 Å². The number of amides is 1. The van der Waals surface area contributed by atoms with Crippen LogP contribution in [0.1, 0.15) is 44.1 Å². The molecule has 1 amide bonds. The molecule has 0 aromatic heterocycles. The van der Waals surface area contributed by atoms with Crippen LogP contribution in [0.15, 0.2) is 29.2 Å². The lowest BCUT2D eigenvalue weighted by Gasteiger charge is -2.38. The second-order valence-electron chi connectivity index (χ2n) is 8.24. The van der Waals surface area contributed by atoms with Gasteiger partial charge in [-0.15, -0.1) is 0 Å². The summed E-state index contributed by atoms with van der Waals surface area (Å²) in [6.07, 6.45) is 4.87. The highest BCUT2D eigenvalue weighted by atomic mass is 32.2. The van der Waals surface area contributed by atoms with Crippen molar-refractivity contribution in [3.8, 4) is 0 Å². The molecule has 27 heavy (non-hydrogen) atoms. The number of aryl methyl sites for hydroxylation is 1. The molecule has 1 spiro atoms. The summed E-state index contributed by atoms with van der Waals surface area (Å²) in [7, 11) is -3.47. The van der Waals surface area contributed by atoms with Gasteiger partial charge in [-0.05, 0) is 69.1 Å². The van der Waals surface area contributed by atoms with Crippen LogP contribution in [-0.2, 0) is 19.6 Å². The molecule has 7 heteroatoms. The van der Waals surface area contributed by atoms with E-state index in [1.54, 1.807) is 22.5 Å². The van der Waals surface area contributed by atoms with Gasteiger partial charge >= 0.3 is 0 Å². The molecule has 4 rings (SSSR count). The van der Waals surface area contributed by atoms with Crippen molar-refractivity contribution >= 4 is 15.9 Å². The van der Waals surface area contributed by atoms with Crippen molar-refractivity contribution in [1.82, 2.24) is 9.62 Å². The fraction of sp³-hybridized carbons (Fsp3) is 0.650. The molecule has 2 aliphatic heterocycles. The van der Waals surface area contributed by atoms with Crippen LogP contribution >= 0.6 is 0 Å². The van der Waals surface area contributed by atoms with Gasteiger partial charge in [0.15, 0.2) is 0 Å². The number of carbonyl (C=O) groups excluding carboxylic acids is 1. The average Bonchev–Trinajstić information content (AvgIpc) is 3.40. The number of nitrogens with one attached hydrogen (secondary N) is 1. The van der Waals surface area contributed by atoms with Crippen LogP contribution in [0, 0.1) is 12.8 Å². The van der Waals surface area contributed by atoms with Gasteiger partial charge in [0, 0.05) is 19.6 Å². The second kappa shape index (κ2) is 7.18. The van der Waals surface area contributed by atoms with E-state index in [0.29, 0.717) is 36.7 Å². The van der Waals surface area contributed by atoms with Gasteiger partial charge < -0.3 is 10.1 Å². The SMILES string of the molecule is Cc1cccc(S(=O)(=O)N2CCC3(CCC(C(=O)NCC4CC4)O3)CC2)c1. The Bertz CT molecular complexity index is 811. The monoisotopic (exact) mass is 392 g/mol. The molecule has 1 aromatic rings. The fourth-order valence-electron chi connectivity index (χ4n) is 4.11. The Morgan fingerprint density at radius 3 is 2.63 bits per heavy atom. The Morgan fingerprint density at radius 2 is 1.96 bits per heavy atom. The van der Waals surface area contributed by atoms with E-state index in [4.69, 9.17) is 4.74 Å². The van der Waals surface area contributed by atoms with Crippen molar-refractivity contribution in [2.24, 2.45) is 5.92 Å². The summed E-state index contributed by atoms with van der Waals surface area (Å²) in [6, 6.07) is 7.04. The largest absolute Gasteiger partial charge is 0.362 e. The normalized spacial score (nSPS) is 25.6. The number of sulfonamides is 1. The Morgan fingerprint density at radius 1 is 1.22 bits per heavy atom. The first kappa shape index (κ1) is 18.9. The van der Waals surface area contributed by atoms with Crippen molar-refractivity contribution < 1.29 is 17.9 Å². The molecular formula is C20H28N2O4S. The minimum Gasteiger partial charge on any atom is -0.362 e. The third kappa shape index (κ3) is 4.05. The van der Waals surface area contributed by atoms with E-state index in [1.807, 2.05) is 13.0 Å². The van der Waals surface area contributed by atoms with E-state index < -0.39 is 10.0 Å². The van der Waals surface area contributed by atoms with Crippen LogP contribution in [0.3, 0.4) is 0 Å². The molecular weight excluding hydrogens is 364 g/mol. The molecule has 1 aromatic carbocycles. The summed E-state index contributed by atoms with van der Waals surface area (Å²) in [5.41, 5.74) is 0.587. The quantitative estimate of drug-likeness (QED) is 0.834. The van der Waals surface area contributed by atoms with E-state index >= 15 is 0 Å². The zero-order chi connectivity index (χ0) is 19.1. The summed E-state index contributed by atoms with van der Waals surface area (Å²) >= 11 is 0. The molecule has 1 saturated carbocycles. The van der Waals surface area contributed by atoms with Gasteiger partial charge in [-0.1, -0.05) is 12.1 Å². The maximum atomic E-state index is 12.9. The van der Waals surface area contributed by atoms with Crippen molar-refractivity contribution in [2.75, 3.05) is 19.6 Å². The Hall–Kier alpha value is -1.44. The smallest absolute Gasteiger partial charge is 0.249 e. The molecule has 1 atom stereocenters. The maximum Gasteiger partial charge on any atom is 0.249 e. The Kier molecular flexibility index (Phi) is 5.03. The van der Waals surface area contributed by atoms with Gasteiger partial charge in [-0.25, -0.2) is 8.42 Å². The number of nitrogens with zero attached hydrogens (tertiary/aromatic N) is 1. The van der Waals surface area contributed by atoms with Crippen LogP contribution in [0.2, 0.25) is 0 Å². The highest BCUT2D eigenvalue weighted by molar-refractivity contribution is 7.89. The minimum atomic E-state index is -3.47. The summed E-state index contributed by atoms with van der Waals surface area (Å²) in [5.74, 6) is 0.646. The number of hydrogen-bond acceptors (Lipinski definition) is 4. The predicted octanol–water partition coefficient (Wildman–Crippen LogP) is 2.22. The number of benzene rings is 1. The van der Waals surface area contributed by atoms with Gasteiger partial charge in [0.25, 0.3) is 0 Å². The molecule has 148 valence electrons. The van der Waals surface area contributed by atoms with E-state index in [1.165, 1.54) is 12.8 Å². The third-order valence-electron chi connectivity index (χ3n) is 6.07. The second-order valence-corrected chi connectivity index (χ2v) is 10.2. The average molecular weight is 393 g/mol. The molecule has 1 unspecified atom stereocenters. The van der Waals surface area contributed by atoms with E-state index in [9.17, 15) is 13.2 Å². The standard InChI is InChI=1S/C20H28N2O4S/c1-15-3-2-4-17(13-15)27(24,25)22-11-9-20(10-12-22)8-7-18(26-20)19(23)21-14-16-5-6-16/h2-4,13,16,18H,5-12,14H2,1H3,(H,21,23). The van der Waals surface area contributed by atoms with Crippen molar-refractivity contribution in [3.63, 3.8) is 0 Å². The van der Waals surface area contributed by atoms with E-state index in [2.05, 4.69) is 5.32 Å². The lowest BCUT2D eigenvalue weighted by Crippen LogP contribution is -2.47.